The number of hydrogen-bond acceptors (Lipinski definition) is 5. The van der Waals surface area contributed by atoms with Crippen LogP contribution in [0, 0.1) is 20.8 Å². The Hall–Kier alpha value is -3.49. The van der Waals surface area contributed by atoms with Crippen LogP contribution in [0.1, 0.15) is 39.9 Å². The number of aromatic nitrogens is 7. The Morgan fingerprint density at radius 3 is 2.57 bits per heavy atom. The van der Waals surface area contributed by atoms with Crippen LogP contribution in [-0.4, -0.2) is 52.0 Å². The standard InChI is InChI=1S/C21H26N8O/c1-7-28-12-18(14(3)25-28)19-8-9-22-20-16(10-23-29(19)20)21(30)26(5)11-17-13(2)24-27(6)15(17)4/h8-10,12H,7,11H2,1-6H3. The van der Waals surface area contributed by atoms with Crippen molar-refractivity contribution in [3.63, 3.8) is 0 Å². The molecule has 9 nitrogen and oxygen atoms in total. The Morgan fingerprint density at radius 1 is 1.17 bits per heavy atom. The van der Waals surface area contributed by atoms with Crippen molar-refractivity contribution in [2.24, 2.45) is 7.05 Å². The summed E-state index contributed by atoms with van der Waals surface area (Å²) in [6, 6.07) is 1.89. The van der Waals surface area contributed by atoms with Crippen molar-refractivity contribution in [1.82, 2.24) is 39.1 Å². The maximum atomic E-state index is 13.2. The van der Waals surface area contributed by atoms with Crippen LogP contribution >= 0.6 is 0 Å². The van der Waals surface area contributed by atoms with Crippen LogP contribution in [-0.2, 0) is 20.1 Å². The topological polar surface area (TPSA) is 86.1 Å². The minimum atomic E-state index is -0.127. The van der Waals surface area contributed by atoms with Gasteiger partial charge in [-0.2, -0.15) is 15.3 Å². The van der Waals surface area contributed by atoms with Gasteiger partial charge in [0.25, 0.3) is 5.91 Å². The molecule has 0 aliphatic heterocycles. The van der Waals surface area contributed by atoms with E-state index in [1.54, 1.807) is 28.9 Å². The molecule has 30 heavy (non-hydrogen) atoms. The number of hydrogen-bond donors (Lipinski definition) is 0. The van der Waals surface area contributed by atoms with Gasteiger partial charge in [-0.25, -0.2) is 9.50 Å². The molecule has 9 heteroatoms. The lowest BCUT2D eigenvalue weighted by molar-refractivity contribution is 0.0786. The van der Waals surface area contributed by atoms with E-state index in [4.69, 9.17) is 0 Å². The predicted molar refractivity (Wildman–Crippen MR) is 113 cm³/mol. The van der Waals surface area contributed by atoms with Crippen molar-refractivity contribution in [3.8, 4) is 11.3 Å². The van der Waals surface area contributed by atoms with Gasteiger partial charge in [0.05, 0.1) is 23.3 Å². The molecule has 4 aromatic rings. The third-order valence-corrected chi connectivity index (χ3v) is 5.58. The molecule has 0 atom stereocenters. The maximum absolute atomic E-state index is 13.2. The zero-order valence-corrected chi connectivity index (χ0v) is 18.2. The fourth-order valence-corrected chi connectivity index (χ4v) is 3.74. The molecule has 0 aliphatic carbocycles. The average Bonchev–Trinajstić information content (AvgIpc) is 3.39. The molecule has 0 saturated carbocycles. The zero-order chi connectivity index (χ0) is 21.6. The number of nitrogens with zero attached hydrogens (tertiary/aromatic N) is 8. The summed E-state index contributed by atoms with van der Waals surface area (Å²) in [5.41, 5.74) is 6.79. The largest absolute Gasteiger partial charge is 0.337 e. The fourth-order valence-electron chi connectivity index (χ4n) is 3.74. The van der Waals surface area contributed by atoms with E-state index in [1.807, 2.05) is 56.4 Å². The highest BCUT2D eigenvalue weighted by Gasteiger charge is 2.22. The predicted octanol–water partition coefficient (Wildman–Crippen LogP) is 2.54. The molecule has 0 radical (unpaired) electrons. The highest BCUT2D eigenvalue weighted by atomic mass is 16.2. The van der Waals surface area contributed by atoms with Gasteiger partial charge in [-0.15, -0.1) is 0 Å². The lowest BCUT2D eigenvalue weighted by Crippen LogP contribution is -2.26. The quantitative estimate of drug-likeness (QED) is 0.508. The summed E-state index contributed by atoms with van der Waals surface area (Å²) in [6.45, 7) is 9.25. The number of carbonyl (C=O) groups excluding carboxylic acids is 1. The minimum Gasteiger partial charge on any atom is -0.337 e. The van der Waals surface area contributed by atoms with Crippen LogP contribution in [0.3, 0.4) is 0 Å². The van der Waals surface area contributed by atoms with Crippen LogP contribution in [0.25, 0.3) is 16.9 Å². The molecular weight excluding hydrogens is 380 g/mol. The fraction of sp³-hybridized carbons (Fsp3) is 0.381. The molecule has 4 aromatic heterocycles. The second-order valence-electron chi connectivity index (χ2n) is 7.54. The Balaban J connectivity index is 1.70. The molecule has 4 heterocycles. The van der Waals surface area contributed by atoms with Gasteiger partial charge >= 0.3 is 0 Å². The van der Waals surface area contributed by atoms with Crippen molar-refractivity contribution in [2.45, 2.75) is 40.8 Å². The lowest BCUT2D eigenvalue weighted by Gasteiger charge is -2.17. The first-order valence-corrected chi connectivity index (χ1v) is 9.93. The van der Waals surface area contributed by atoms with Crippen molar-refractivity contribution < 1.29 is 4.79 Å². The van der Waals surface area contributed by atoms with Crippen LogP contribution in [0.15, 0.2) is 24.7 Å². The lowest BCUT2D eigenvalue weighted by atomic mass is 10.1. The first kappa shape index (κ1) is 19.8. The number of amides is 1. The first-order valence-electron chi connectivity index (χ1n) is 9.93. The molecule has 0 N–H and O–H groups in total. The van der Waals surface area contributed by atoms with Gasteiger partial charge in [-0.05, 0) is 33.8 Å². The summed E-state index contributed by atoms with van der Waals surface area (Å²) in [5, 5.41) is 13.4. The van der Waals surface area contributed by atoms with Gasteiger partial charge in [0, 0.05) is 56.4 Å². The molecule has 0 spiro atoms. The summed E-state index contributed by atoms with van der Waals surface area (Å²) in [5.74, 6) is -0.127. The third-order valence-electron chi connectivity index (χ3n) is 5.58. The van der Waals surface area contributed by atoms with E-state index >= 15 is 0 Å². The summed E-state index contributed by atoms with van der Waals surface area (Å²) >= 11 is 0. The summed E-state index contributed by atoms with van der Waals surface area (Å²) < 4.78 is 5.44. The van der Waals surface area contributed by atoms with E-state index in [2.05, 4.69) is 20.3 Å². The summed E-state index contributed by atoms with van der Waals surface area (Å²) in [4.78, 5) is 19.3. The molecule has 0 bridgehead atoms. The Morgan fingerprint density at radius 2 is 1.93 bits per heavy atom. The highest BCUT2D eigenvalue weighted by molar-refractivity contribution is 5.99. The van der Waals surface area contributed by atoms with Crippen molar-refractivity contribution >= 4 is 11.6 Å². The van der Waals surface area contributed by atoms with Gasteiger partial charge in [0.2, 0.25) is 0 Å². The van der Waals surface area contributed by atoms with Crippen LogP contribution in [0.5, 0.6) is 0 Å². The number of fused-ring (bicyclic) bond motifs is 1. The highest BCUT2D eigenvalue weighted by Crippen LogP contribution is 2.24. The normalized spacial score (nSPS) is 11.4. The van der Waals surface area contributed by atoms with Gasteiger partial charge in [0.15, 0.2) is 5.65 Å². The second-order valence-corrected chi connectivity index (χ2v) is 7.54. The van der Waals surface area contributed by atoms with Gasteiger partial charge in [-0.3, -0.25) is 14.2 Å². The van der Waals surface area contributed by atoms with Gasteiger partial charge in [-0.1, -0.05) is 0 Å². The van der Waals surface area contributed by atoms with E-state index in [-0.39, 0.29) is 5.91 Å². The van der Waals surface area contributed by atoms with Crippen LogP contribution in [0.4, 0.5) is 0 Å². The Labute approximate surface area is 174 Å². The van der Waals surface area contributed by atoms with Gasteiger partial charge in [0.1, 0.15) is 5.56 Å². The first-order chi connectivity index (χ1) is 14.3. The Kier molecular flexibility index (Phi) is 4.89. The third kappa shape index (κ3) is 3.16. The van der Waals surface area contributed by atoms with E-state index < -0.39 is 0 Å². The van der Waals surface area contributed by atoms with Crippen molar-refractivity contribution in [1.29, 1.82) is 0 Å². The van der Waals surface area contributed by atoms with Gasteiger partial charge < -0.3 is 4.90 Å². The number of aryl methyl sites for hydroxylation is 4. The molecule has 0 aromatic carbocycles. The monoisotopic (exact) mass is 406 g/mol. The molecule has 1 amide bonds. The molecule has 0 aliphatic rings. The molecular formula is C21H26N8O. The van der Waals surface area contributed by atoms with E-state index in [9.17, 15) is 4.79 Å². The molecule has 0 saturated heterocycles. The minimum absolute atomic E-state index is 0.127. The summed E-state index contributed by atoms with van der Waals surface area (Å²) in [6.07, 6.45) is 5.29. The molecule has 4 rings (SSSR count). The SMILES string of the molecule is CCn1cc(-c2ccnc3c(C(=O)N(C)Cc4c(C)nn(C)c4C)cnn23)c(C)n1. The van der Waals surface area contributed by atoms with Crippen LogP contribution in [0.2, 0.25) is 0 Å². The van der Waals surface area contributed by atoms with Crippen molar-refractivity contribution in [2.75, 3.05) is 7.05 Å². The number of rotatable bonds is 5. The average molecular weight is 406 g/mol. The van der Waals surface area contributed by atoms with Crippen LogP contribution < -0.4 is 0 Å². The van der Waals surface area contributed by atoms with Crippen molar-refractivity contribution in [3.05, 3.63) is 52.9 Å². The van der Waals surface area contributed by atoms with E-state index in [0.717, 1.165) is 40.4 Å². The smallest absolute Gasteiger partial charge is 0.259 e. The summed E-state index contributed by atoms with van der Waals surface area (Å²) in [7, 11) is 3.70. The maximum Gasteiger partial charge on any atom is 0.259 e. The Bertz CT molecular complexity index is 1250. The van der Waals surface area contributed by atoms with E-state index in [1.165, 1.54) is 0 Å². The van der Waals surface area contributed by atoms with E-state index in [0.29, 0.717) is 17.8 Å². The zero-order valence-electron chi connectivity index (χ0n) is 18.2. The number of carbonyl (C=O) groups is 1. The molecule has 156 valence electrons. The molecule has 0 unspecified atom stereocenters. The second kappa shape index (κ2) is 7.40. The molecule has 0 fully saturated rings.